The third-order valence-corrected chi connectivity index (χ3v) is 5.81. The number of rotatable bonds is 3. The van der Waals surface area contributed by atoms with Crippen molar-refractivity contribution in [3.05, 3.63) is 63.7 Å². The third-order valence-electron chi connectivity index (χ3n) is 3.95. The Labute approximate surface area is 133 Å². The Hall–Kier alpha value is -2.45. The molecule has 0 amide bonds. The van der Waals surface area contributed by atoms with Gasteiger partial charge in [-0.05, 0) is 35.7 Å². The zero-order valence-corrected chi connectivity index (χ0v) is 13.0. The van der Waals surface area contributed by atoms with Crippen LogP contribution in [0.25, 0.3) is 0 Å². The van der Waals surface area contributed by atoms with Crippen LogP contribution < -0.4 is 5.73 Å². The van der Waals surface area contributed by atoms with Crippen LogP contribution in [0.3, 0.4) is 0 Å². The highest BCUT2D eigenvalue weighted by Crippen LogP contribution is 2.28. The second kappa shape index (κ2) is 5.64. The van der Waals surface area contributed by atoms with Crippen molar-refractivity contribution in [3.63, 3.8) is 0 Å². The second-order valence-electron chi connectivity index (χ2n) is 5.32. The van der Waals surface area contributed by atoms with Crippen molar-refractivity contribution in [1.82, 2.24) is 4.31 Å². The lowest BCUT2D eigenvalue weighted by Crippen LogP contribution is -2.36. The van der Waals surface area contributed by atoms with Crippen LogP contribution in [0.5, 0.6) is 0 Å². The number of hydrogen-bond donors (Lipinski definition) is 1. The summed E-state index contributed by atoms with van der Waals surface area (Å²) in [6.45, 7) is 0.584. The standard InChI is InChI=1S/C15H15N3O4S/c16-15-3-1-2-11-10-17(9-8-14(11)15)23(21,22)13-6-4-12(5-7-13)18(19)20/h1-7H,8-10,16H2. The van der Waals surface area contributed by atoms with Crippen LogP contribution in [-0.2, 0) is 23.0 Å². The summed E-state index contributed by atoms with van der Waals surface area (Å²) in [6, 6.07) is 10.4. The summed E-state index contributed by atoms with van der Waals surface area (Å²) >= 11 is 0. The van der Waals surface area contributed by atoms with Crippen molar-refractivity contribution in [2.75, 3.05) is 12.3 Å². The normalized spacial score (nSPS) is 15.1. The van der Waals surface area contributed by atoms with Gasteiger partial charge >= 0.3 is 0 Å². The number of nitro benzene ring substituents is 1. The minimum absolute atomic E-state index is 0.0513. The molecular weight excluding hydrogens is 318 g/mol. The van der Waals surface area contributed by atoms with Gasteiger partial charge in [0.05, 0.1) is 9.82 Å². The first-order valence-corrected chi connectivity index (χ1v) is 8.44. The van der Waals surface area contributed by atoms with Crippen LogP contribution in [-0.4, -0.2) is 24.2 Å². The molecule has 0 unspecified atom stereocenters. The zero-order valence-electron chi connectivity index (χ0n) is 12.2. The molecule has 0 bridgehead atoms. The first kappa shape index (κ1) is 15.4. The van der Waals surface area contributed by atoms with Crippen molar-refractivity contribution in [3.8, 4) is 0 Å². The number of nitrogen functional groups attached to an aromatic ring is 1. The summed E-state index contributed by atoms with van der Waals surface area (Å²) < 4.78 is 26.7. The number of fused-ring (bicyclic) bond motifs is 1. The van der Waals surface area contributed by atoms with E-state index in [0.29, 0.717) is 18.7 Å². The highest BCUT2D eigenvalue weighted by atomic mass is 32.2. The fourth-order valence-corrected chi connectivity index (χ4v) is 4.13. The molecule has 0 fully saturated rings. The molecule has 7 nitrogen and oxygen atoms in total. The number of anilines is 1. The monoisotopic (exact) mass is 333 g/mol. The van der Waals surface area contributed by atoms with Gasteiger partial charge in [-0.15, -0.1) is 0 Å². The lowest BCUT2D eigenvalue weighted by Gasteiger charge is -2.28. The Morgan fingerprint density at radius 2 is 1.83 bits per heavy atom. The Morgan fingerprint density at radius 1 is 1.13 bits per heavy atom. The molecule has 120 valence electrons. The molecule has 1 heterocycles. The number of nitrogens with zero attached hydrogens (tertiary/aromatic N) is 2. The number of hydrogen-bond acceptors (Lipinski definition) is 5. The van der Waals surface area contributed by atoms with Crippen LogP contribution in [0.4, 0.5) is 11.4 Å². The molecule has 2 aromatic carbocycles. The maximum absolute atomic E-state index is 12.7. The van der Waals surface area contributed by atoms with Crippen molar-refractivity contribution < 1.29 is 13.3 Å². The van der Waals surface area contributed by atoms with Gasteiger partial charge in [0.1, 0.15) is 0 Å². The third kappa shape index (κ3) is 2.78. The van der Waals surface area contributed by atoms with Gasteiger partial charge in [-0.1, -0.05) is 12.1 Å². The van der Waals surface area contributed by atoms with Crippen LogP contribution >= 0.6 is 0 Å². The van der Waals surface area contributed by atoms with Gasteiger partial charge in [0, 0.05) is 30.9 Å². The highest BCUT2D eigenvalue weighted by Gasteiger charge is 2.29. The molecule has 2 N–H and O–H groups in total. The zero-order chi connectivity index (χ0) is 16.6. The van der Waals surface area contributed by atoms with Crippen molar-refractivity contribution >= 4 is 21.4 Å². The van der Waals surface area contributed by atoms with Crippen LogP contribution in [0.1, 0.15) is 11.1 Å². The first-order chi connectivity index (χ1) is 10.9. The predicted octanol–water partition coefficient (Wildman–Crippen LogP) is 1.92. The Balaban J connectivity index is 1.90. The lowest BCUT2D eigenvalue weighted by molar-refractivity contribution is -0.384. The molecule has 0 saturated heterocycles. The number of benzene rings is 2. The number of nitro groups is 1. The smallest absolute Gasteiger partial charge is 0.269 e. The highest BCUT2D eigenvalue weighted by molar-refractivity contribution is 7.89. The Bertz CT molecular complexity index is 863. The molecule has 0 saturated carbocycles. The number of sulfonamides is 1. The van der Waals surface area contributed by atoms with E-state index in [4.69, 9.17) is 5.73 Å². The molecule has 23 heavy (non-hydrogen) atoms. The van der Waals surface area contributed by atoms with Gasteiger partial charge < -0.3 is 5.73 Å². The molecule has 0 aromatic heterocycles. The fourth-order valence-electron chi connectivity index (χ4n) is 2.71. The van der Waals surface area contributed by atoms with E-state index in [1.54, 1.807) is 12.1 Å². The van der Waals surface area contributed by atoms with E-state index >= 15 is 0 Å². The average molecular weight is 333 g/mol. The summed E-state index contributed by atoms with van der Waals surface area (Å²) in [5, 5.41) is 10.7. The molecule has 1 aliphatic heterocycles. The average Bonchev–Trinajstić information content (AvgIpc) is 2.55. The van der Waals surface area contributed by atoms with Gasteiger partial charge in [0.15, 0.2) is 0 Å². The van der Waals surface area contributed by atoms with E-state index in [1.165, 1.54) is 28.6 Å². The van der Waals surface area contributed by atoms with E-state index in [0.717, 1.165) is 11.1 Å². The molecule has 0 atom stereocenters. The van der Waals surface area contributed by atoms with Gasteiger partial charge in [-0.2, -0.15) is 4.31 Å². The number of nitrogens with two attached hydrogens (primary N) is 1. The van der Waals surface area contributed by atoms with Gasteiger partial charge in [0.25, 0.3) is 5.69 Å². The quantitative estimate of drug-likeness (QED) is 0.525. The van der Waals surface area contributed by atoms with E-state index in [9.17, 15) is 18.5 Å². The minimum atomic E-state index is -3.69. The van der Waals surface area contributed by atoms with E-state index in [-0.39, 0.29) is 17.1 Å². The van der Waals surface area contributed by atoms with Crippen LogP contribution in [0, 0.1) is 10.1 Å². The molecule has 8 heteroatoms. The molecule has 1 aliphatic rings. The maximum Gasteiger partial charge on any atom is 0.269 e. The SMILES string of the molecule is Nc1cccc2c1CCN(S(=O)(=O)c1ccc([N+](=O)[O-])cc1)C2. The second-order valence-corrected chi connectivity index (χ2v) is 7.26. The van der Waals surface area contributed by atoms with E-state index in [2.05, 4.69) is 0 Å². The first-order valence-electron chi connectivity index (χ1n) is 7.00. The number of non-ortho nitro benzene ring substituents is 1. The summed E-state index contributed by atoms with van der Waals surface area (Å²) in [7, 11) is -3.69. The van der Waals surface area contributed by atoms with Gasteiger partial charge in [-0.25, -0.2) is 8.42 Å². The molecule has 0 aliphatic carbocycles. The Kier molecular flexibility index (Phi) is 3.78. The van der Waals surface area contributed by atoms with E-state index < -0.39 is 14.9 Å². The molecule has 3 rings (SSSR count). The molecule has 0 spiro atoms. The van der Waals surface area contributed by atoms with Crippen molar-refractivity contribution in [1.29, 1.82) is 0 Å². The molecule has 0 radical (unpaired) electrons. The summed E-state index contributed by atoms with van der Waals surface area (Å²) in [4.78, 5) is 10.2. The van der Waals surface area contributed by atoms with Crippen LogP contribution in [0.15, 0.2) is 47.4 Å². The van der Waals surface area contributed by atoms with Crippen molar-refractivity contribution in [2.24, 2.45) is 0 Å². The molecular formula is C15H15N3O4S. The van der Waals surface area contributed by atoms with Crippen molar-refractivity contribution in [2.45, 2.75) is 17.9 Å². The van der Waals surface area contributed by atoms with Gasteiger partial charge in [0.2, 0.25) is 10.0 Å². The topological polar surface area (TPSA) is 107 Å². The van der Waals surface area contributed by atoms with Crippen LogP contribution in [0.2, 0.25) is 0 Å². The molecule has 2 aromatic rings. The fraction of sp³-hybridized carbons (Fsp3) is 0.200. The predicted molar refractivity (Wildman–Crippen MR) is 85.3 cm³/mol. The summed E-state index contributed by atoms with van der Waals surface area (Å²) in [6.07, 6.45) is 0.550. The largest absolute Gasteiger partial charge is 0.398 e. The minimum Gasteiger partial charge on any atom is -0.398 e. The lowest BCUT2D eigenvalue weighted by atomic mass is 9.99. The van der Waals surface area contributed by atoms with Gasteiger partial charge in [-0.3, -0.25) is 10.1 Å². The summed E-state index contributed by atoms with van der Waals surface area (Å²) in [5.74, 6) is 0. The Morgan fingerprint density at radius 3 is 2.48 bits per heavy atom. The maximum atomic E-state index is 12.7. The van der Waals surface area contributed by atoms with E-state index in [1.807, 2.05) is 6.07 Å². The summed E-state index contributed by atoms with van der Waals surface area (Å²) in [5.41, 5.74) is 8.34.